The fourth-order valence-corrected chi connectivity index (χ4v) is 6.84. The van der Waals surface area contributed by atoms with Gasteiger partial charge in [0.1, 0.15) is 12.1 Å². The molecule has 5 N–H and O–H groups in total. The molecule has 1 aliphatic rings. The second-order valence-corrected chi connectivity index (χ2v) is 12.4. The Hall–Kier alpha value is -3.32. The number of amides is 1. The number of nitrogens with zero attached hydrogens (tertiary/aromatic N) is 2. The third kappa shape index (κ3) is 6.30. The molecule has 0 unspecified atom stereocenters. The minimum Gasteiger partial charge on any atom is -0.366 e. The maximum atomic E-state index is 15.4. The van der Waals surface area contributed by atoms with Crippen molar-refractivity contribution < 1.29 is 17.6 Å². The van der Waals surface area contributed by atoms with Gasteiger partial charge in [-0.2, -0.15) is 0 Å². The summed E-state index contributed by atoms with van der Waals surface area (Å²) in [5.74, 6) is -1.36. The lowest BCUT2D eigenvalue weighted by Gasteiger charge is -2.27. The summed E-state index contributed by atoms with van der Waals surface area (Å²) in [5.41, 5.74) is 6.51. The van der Waals surface area contributed by atoms with Crippen LogP contribution in [0.3, 0.4) is 0 Å². The Bertz CT molecular complexity index is 1610. The van der Waals surface area contributed by atoms with Crippen LogP contribution in [0.1, 0.15) is 41.6 Å². The topological polar surface area (TPSA) is 139 Å². The molecule has 0 saturated heterocycles. The average molecular weight is 589 g/mol. The quantitative estimate of drug-likeness (QED) is 0.217. The number of fused-ring (bicyclic) bond motifs is 1. The lowest BCUT2D eigenvalue weighted by molar-refractivity contribution is 0.102. The predicted molar refractivity (Wildman–Crippen MR) is 153 cm³/mol. The van der Waals surface area contributed by atoms with E-state index >= 15 is 4.39 Å². The van der Waals surface area contributed by atoms with Gasteiger partial charge in [0.2, 0.25) is 10.0 Å². The zero-order valence-electron chi connectivity index (χ0n) is 20.7. The van der Waals surface area contributed by atoms with Crippen molar-refractivity contribution >= 4 is 66.3 Å². The second-order valence-electron chi connectivity index (χ2n) is 9.39. The van der Waals surface area contributed by atoms with Gasteiger partial charge in [-0.15, -0.1) is 11.3 Å². The van der Waals surface area contributed by atoms with Crippen LogP contribution in [0.2, 0.25) is 5.02 Å². The second kappa shape index (κ2) is 11.4. The molecule has 204 valence electrons. The van der Waals surface area contributed by atoms with Crippen molar-refractivity contribution in [2.75, 3.05) is 15.4 Å². The first kappa shape index (κ1) is 27.3. The third-order valence-electron chi connectivity index (χ3n) is 6.51. The van der Waals surface area contributed by atoms with Crippen molar-refractivity contribution in [3.8, 4) is 0 Å². The van der Waals surface area contributed by atoms with Crippen LogP contribution in [0.5, 0.6) is 0 Å². The first-order valence-electron chi connectivity index (χ1n) is 12.3. The number of halogens is 2. The molecule has 13 heteroatoms. The molecular formula is C26H26ClFN6O3S2. The summed E-state index contributed by atoms with van der Waals surface area (Å²) in [6.45, 7) is 0. The number of hydrogen-bond donors (Lipinski definition) is 4. The van der Waals surface area contributed by atoms with E-state index in [1.807, 2.05) is 0 Å². The van der Waals surface area contributed by atoms with Crippen molar-refractivity contribution in [3.63, 3.8) is 0 Å². The molecule has 2 aromatic carbocycles. The molecule has 4 aromatic rings. The number of carbonyl (C=O) groups excluding carboxylic acids is 1. The number of benzene rings is 2. The number of carbonyl (C=O) groups is 1. The predicted octanol–water partition coefficient (Wildman–Crippen LogP) is 5.36. The van der Waals surface area contributed by atoms with E-state index in [0.717, 1.165) is 25.7 Å². The van der Waals surface area contributed by atoms with Crippen molar-refractivity contribution in [2.24, 2.45) is 5.73 Å². The van der Waals surface area contributed by atoms with Gasteiger partial charge in [-0.25, -0.2) is 22.8 Å². The zero-order valence-corrected chi connectivity index (χ0v) is 23.0. The number of rotatable bonds is 8. The number of thiophene rings is 1. The van der Waals surface area contributed by atoms with Crippen LogP contribution in [0, 0.1) is 5.82 Å². The Morgan fingerprint density at radius 1 is 1.10 bits per heavy atom. The van der Waals surface area contributed by atoms with Crippen LogP contribution in [-0.4, -0.2) is 36.4 Å². The molecule has 2 heterocycles. The van der Waals surface area contributed by atoms with E-state index in [-0.39, 0.29) is 39.8 Å². The first-order valence-corrected chi connectivity index (χ1v) is 15.2. The van der Waals surface area contributed by atoms with E-state index in [2.05, 4.69) is 25.3 Å². The van der Waals surface area contributed by atoms with Crippen LogP contribution in [0.25, 0.3) is 10.2 Å². The summed E-state index contributed by atoms with van der Waals surface area (Å²) in [4.78, 5) is 21.8. The molecule has 0 spiro atoms. The minimum absolute atomic E-state index is 0.0844. The number of nitrogens with one attached hydrogen (secondary N) is 3. The Balaban J connectivity index is 1.35. The van der Waals surface area contributed by atoms with Crippen LogP contribution in [-0.2, 0) is 15.8 Å². The van der Waals surface area contributed by atoms with Gasteiger partial charge in [-0.1, -0.05) is 41.9 Å². The normalized spacial score (nSPS) is 17.6. The first-order chi connectivity index (χ1) is 18.7. The van der Waals surface area contributed by atoms with E-state index in [0.29, 0.717) is 21.6 Å². The van der Waals surface area contributed by atoms with Crippen molar-refractivity contribution in [2.45, 2.75) is 43.5 Å². The van der Waals surface area contributed by atoms with Gasteiger partial charge in [-0.3, -0.25) is 9.52 Å². The number of aromatic nitrogens is 2. The van der Waals surface area contributed by atoms with Crippen LogP contribution < -0.4 is 21.1 Å². The monoisotopic (exact) mass is 588 g/mol. The van der Waals surface area contributed by atoms with E-state index < -0.39 is 21.7 Å². The Labute approximate surface area is 234 Å². The minimum atomic E-state index is -3.94. The molecule has 0 atom stereocenters. The molecule has 1 amide bonds. The zero-order chi connectivity index (χ0) is 27.6. The summed E-state index contributed by atoms with van der Waals surface area (Å²) < 4.78 is 43.6. The maximum Gasteiger partial charge on any atom is 0.258 e. The van der Waals surface area contributed by atoms with Crippen LogP contribution in [0.15, 0.2) is 54.2 Å². The molecule has 39 heavy (non-hydrogen) atoms. The summed E-state index contributed by atoms with van der Waals surface area (Å²) in [7, 11) is -3.94. The lowest BCUT2D eigenvalue weighted by Crippen LogP contribution is -2.33. The van der Waals surface area contributed by atoms with Crippen molar-refractivity contribution in [1.82, 2.24) is 9.97 Å². The summed E-state index contributed by atoms with van der Waals surface area (Å²) >= 11 is 7.49. The van der Waals surface area contributed by atoms with Crippen LogP contribution >= 0.6 is 22.9 Å². The highest BCUT2D eigenvalue weighted by molar-refractivity contribution is 7.91. The number of sulfonamides is 1. The SMILES string of the molecule is NC1CCC(Nc2ncnc3c(C(=O)Nc4c(Cl)ccc(NS(=O)(=O)Cc5ccccc5)c4F)csc23)CC1. The highest BCUT2D eigenvalue weighted by Crippen LogP contribution is 2.34. The smallest absolute Gasteiger partial charge is 0.258 e. The Morgan fingerprint density at radius 2 is 1.85 bits per heavy atom. The molecule has 2 aromatic heterocycles. The van der Waals surface area contributed by atoms with Gasteiger partial charge in [0.05, 0.1) is 37.9 Å². The number of nitrogens with two attached hydrogens (primary N) is 1. The fourth-order valence-electron chi connectivity index (χ4n) is 4.50. The van der Waals surface area contributed by atoms with Crippen LogP contribution in [0.4, 0.5) is 21.6 Å². The van der Waals surface area contributed by atoms with Gasteiger partial charge in [0, 0.05) is 17.5 Å². The largest absolute Gasteiger partial charge is 0.366 e. The van der Waals surface area contributed by atoms with E-state index in [1.165, 1.54) is 29.8 Å². The molecule has 1 aliphatic carbocycles. The summed E-state index contributed by atoms with van der Waals surface area (Å²) in [5, 5.41) is 7.46. The van der Waals surface area contributed by atoms with E-state index in [9.17, 15) is 13.2 Å². The summed E-state index contributed by atoms with van der Waals surface area (Å²) in [6.07, 6.45) is 5.08. The third-order valence-corrected chi connectivity index (χ3v) is 9.04. The van der Waals surface area contributed by atoms with Gasteiger partial charge in [0.15, 0.2) is 5.82 Å². The molecule has 1 fully saturated rings. The standard InChI is InChI=1S/C26H26ClFN6O3S2/c27-19-10-11-20(34-39(36,37)13-15-4-2-1-3-5-15)21(28)23(19)33-26(35)18-12-38-24-22(18)30-14-31-25(24)32-17-8-6-16(29)7-9-17/h1-5,10-12,14,16-17,34H,6-9,13,29H2,(H,33,35)(H,30,31,32). The van der Waals surface area contributed by atoms with Gasteiger partial charge in [-0.05, 0) is 43.4 Å². The van der Waals surface area contributed by atoms with E-state index in [1.54, 1.807) is 35.7 Å². The lowest BCUT2D eigenvalue weighted by atomic mass is 9.92. The van der Waals surface area contributed by atoms with Crippen molar-refractivity contribution in [3.05, 3.63) is 76.1 Å². The molecule has 9 nitrogen and oxygen atoms in total. The van der Waals surface area contributed by atoms with E-state index in [4.69, 9.17) is 17.3 Å². The number of hydrogen-bond acceptors (Lipinski definition) is 8. The average Bonchev–Trinajstić information content (AvgIpc) is 3.35. The van der Waals surface area contributed by atoms with Gasteiger partial charge < -0.3 is 16.4 Å². The Kier molecular flexibility index (Phi) is 7.98. The molecule has 5 rings (SSSR count). The molecule has 0 radical (unpaired) electrons. The highest BCUT2D eigenvalue weighted by Gasteiger charge is 2.24. The highest BCUT2D eigenvalue weighted by atomic mass is 35.5. The van der Waals surface area contributed by atoms with Gasteiger partial charge in [0.25, 0.3) is 5.91 Å². The maximum absolute atomic E-state index is 15.4. The summed E-state index contributed by atoms with van der Waals surface area (Å²) in [6, 6.07) is 11.5. The molecule has 0 aliphatic heterocycles. The number of anilines is 3. The van der Waals surface area contributed by atoms with Crippen molar-refractivity contribution in [1.29, 1.82) is 0 Å². The Morgan fingerprint density at radius 3 is 2.59 bits per heavy atom. The molecular weight excluding hydrogens is 563 g/mol. The molecule has 1 saturated carbocycles. The van der Waals surface area contributed by atoms with Gasteiger partial charge >= 0.3 is 0 Å². The fraction of sp³-hybridized carbons (Fsp3) is 0.269. The molecule has 0 bridgehead atoms.